The third-order valence-corrected chi connectivity index (χ3v) is 5.11. The summed E-state index contributed by atoms with van der Waals surface area (Å²) in [5.74, 6) is 0. The SMILES string of the molecule is Cc1ccc(-c2cc(C(F)F)nn2-c2ccccc2S(N)(=O)=O)cc1C. The summed E-state index contributed by atoms with van der Waals surface area (Å²) in [6.07, 6.45) is -2.79. The fourth-order valence-corrected chi connectivity index (χ4v) is 3.38. The minimum Gasteiger partial charge on any atom is -0.231 e. The van der Waals surface area contributed by atoms with E-state index in [2.05, 4.69) is 5.10 Å². The second-order valence-electron chi connectivity index (χ2n) is 5.98. The van der Waals surface area contributed by atoms with Crippen molar-refractivity contribution in [2.75, 3.05) is 0 Å². The van der Waals surface area contributed by atoms with Crippen molar-refractivity contribution in [3.8, 4) is 16.9 Å². The highest BCUT2D eigenvalue weighted by Gasteiger charge is 2.22. The smallest absolute Gasteiger partial charge is 0.231 e. The summed E-state index contributed by atoms with van der Waals surface area (Å²) < 4.78 is 51.5. The van der Waals surface area contributed by atoms with E-state index < -0.39 is 22.1 Å². The predicted octanol–water partition coefficient (Wildman–Crippen LogP) is 3.74. The quantitative estimate of drug-likeness (QED) is 0.752. The standard InChI is InChI=1S/C18H17F2N3O2S/c1-11-7-8-13(9-12(11)2)16-10-14(18(19)20)22-23(16)15-5-3-4-6-17(15)26(21,24)25/h3-10,18H,1-2H3,(H2,21,24,25). The van der Waals surface area contributed by atoms with E-state index in [-0.39, 0.29) is 10.6 Å². The number of rotatable bonds is 4. The first-order chi connectivity index (χ1) is 12.2. The Balaban J connectivity index is 2.31. The number of nitrogens with two attached hydrogens (primary N) is 1. The van der Waals surface area contributed by atoms with Gasteiger partial charge in [-0.25, -0.2) is 27.0 Å². The Labute approximate surface area is 150 Å². The highest BCUT2D eigenvalue weighted by Crippen LogP contribution is 2.31. The third-order valence-electron chi connectivity index (χ3n) is 4.15. The van der Waals surface area contributed by atoms with Gasteiger partial charge in [0.1, 0.15) is 10.6 Å². The van der Waals surface area contributed by atoms with Crippen molar-refractivity contribution in [3.63, 3.8) is 0 Å². The first-order valence-electron chi connectivity index (χ1n) is 7.76. The van der Waals surface area contributed by atoms with Crippen LogP contribution < -0.4 is 5.14 Å². The summed E-state index contributed by atoms with van der Waals surface area (Å²) in [4.78, 5) is -0.186. The molecule has 0 amide bonds. The minimum absolute atomic E-state index is 0.120. The molecule has 0 saturated carbocycles. The van der Waals surface area contributed by atoms with Crippen LogP contribution in [0.2, 0.25) is 0 Å². The summed E-state index contributed by atoms with van der Waals surface area (Å²) in [5, 5.41) is 9.21. The molecule has 0 spiro atoms. The average Bonchev–Trinajstić information content (AvgIpc) is 3.02. The number of sulfonamides is 1. The van der Waals surface area contributed by atoms with Gasteiger partial charge in [-0.2, -0.15) is 5.10 Å². The molecule has 0 aliphatic rings. The maximum atomic E-state index is 13.3. The molecule has 0 bridgehead atoms. The van der Waals surface area contributed by atoms with E-state index in [1.165, 1.54) is 28.9 Å². The second kappa shape index (κ2) is 6.62. The van der Waals surface area contributed by atoms with Crippen molar-refractivity contribution in [3.05, 3.63) is 65.4 Å². The monoisotopic (exact) mass is 377 g/mol. The molecule has 0 aliphatic carbocycles. The van der Waals surface area contributed by atoms with Crippen LogP contribution in [0.3, 0.4) is 0 Å². The number of benzene rings is 2. The fraction of sp³-hybridized carbons (Fsp3) is 0.167. The molecule has 0 radical (unpaired) electrons. The topological polar surface area (TPSA) is 78.0 Å². The van der Waals surface area contributed by atoms with Crippen LogP contribution >= 0.6 is 0 Å². The minimum atomic E-state index is -4.05. The van der Waals surface area contributed by atoms with Gasteiger partial charge >= 0.3 is 0 Å². The van der Waals surface area contributed by atoms with E-state index in [4.69, 9.17) is 5.14 Å². The Morgan fingerprint density at radius 1 is 1.04 bits per heavy atom. The second-order valence-corrected chi connectivity index (χ2v) is 7.51. The lowest BCUT2D eigenvalue weighted by Gasteiger charge is -2.12. The maximum absolute atomic E-state index is 13.3. The number of nitrogens with zero attached hydrogens (tertiary/aromatic N) is 2. The molecule has 2 aromatic carbocycles. The van der Waals surface area contributed by atoms with Gasteiger partial charge in [-0.1, -0.05) is 24.3 Å². The Kier molecular flexibility index (Phi) is 4.64. The van der Waals surface area contributed by atoms with Crippen LogP contribution in [0, 0.1) is 13.8 Å². The van der Waals surface area contributed by atoms with Crippen LogP contribution in [-0.2, 0) is 10.0 Å². The Hall–Kier alpha value is -2.58. The Bertz CT molecular complexity index is 1080. The predicted molar refractivity (Wildman–Crippen MR) is 94.8 cm³/mol. The summed E-state index contributed by atoms with van der Waals surface area (Å²) >= 11 is 0. The van der Waals surface area contributed by atoms with Crippen LogP contribution in [0.15, 0.2) is 53.4 Å². The summed E-state index contributed by atoms with van der Waals surface area (Å²) in [6.45, 7) is 3.85. The molecule has 0 aliphatic heterocycles. The molecule has 136 valence electrons. The van der Waals surface area contributed by atoms with Gasteiger partial charge in [-0.15, -0.1) is 0 Å². The van der Waals surface area contributed by atoms with Crippen LogP contribution in [0.25, 0.3) is 16.9 Å². The molecular formula is C18H17F2N3O2S. The molecule has 0 unspecified atom stereocenters. The van der Waals surface area contributed by atoms with Crippen LogP contribution in [0.5, 0.6) is 0 Å². The van der Waals surface area contributed by atoms with E-state index in [1.807, 2.05) is 26.0 Å². The molecule has 8 heteroatoms. The molecule has 1 aromatic heterocycles. The molecule has 0 atom stereocenters. The van der Waals surface area contributed by atoms with Crippen LogP contribution in [0.4, 0.5) is 8.78 Å². The van der Waals surface area contributed by atoms with E-state index in [1.54, 1.807) is 12.1 Å². The highest BCUT2D eigenvalue weighted by molar-refractivity contribution is 7.89. The van der Waals surface area contributed by atoms with Gasteiger partial charge in [0, 0.05) is 5.56 Å². The number of aryl methyl sites for hydroxylation is 2. The van der Waals surface area contributed by atoms with E-state index in [9.17, 15) is 17.2 Å². The Morgan fingerprint density at radius 3 is 2.35 bits per heavy atom. The van der Waals surface area contributed by atoms with Gasteiger partial charge in [0.2, 0.25) is 10.0 Å². The molecular weight excluding hydrogens is 360 g/mol. The third kappa shape index (κ3) is 3.38. The van der Waals surface area contributed by atoms with Gasteiger partial charge in [-0.3, -0.25) is 0 Å². The number of para-hydroxylation sites is 1. The van der Waals surface area contributed by atoms with Crippen LogP contribution in [-0.4, -0.2) is 18.2 Å². The molecule has 3 aromatic rings. The van der Waals surface area contributed by atoms with Gasteiger partial charge in [0.25, 0.3) is 6.43 Å². The molecule has 3 rings (SSSR count). The first kappa shape index (κ1) is 18.2. The van der Waals surface area contributed by atoms with Crippen molar-refractivity contribution in [2.45, 2.75) is 25.2 Å². The van der Waals surface area contributed by atoms with Crippen LogP contribution in [0.1, 0.15) is 23.2 Å². The zero-order valence-electron chi connectivity index (χ0n) is 14.1. The van der Waals surface area contributed by atoms with E-state index >= 15 is 0 Å². The molecule has 0 saturated heterocycles. The maximum Gasteiger partial charge on any atom is 0.282 e. The van der Waals surface area contributed by atoms with Gasteiger partial charge in [0.15, 0.2) is 0 Å². The van der Waals surface area contributed by atoms with Gasteiger partial charge in [0.05, 0.1) is 11.4 Å². The lowest BCUT2D eigenvalue weighted by Crippen LogP contribution is -2.16. The van der Waals surface area contributed by atoms with Gasteiger partial charge < -0.3 is 0 Å². The number of alkyl halides is 2. The molecule has 2 N–H and O–H groups in total. The van der Waals surface area contributed by atoms with E-state index in [0.29, 0.717) is 11.3 Å². The Morgan fingerprint density at radius 2 is 1.73 bits per heavy atom. The zero-order chi connectivity index (χ0) is 19.1. The van der Waals surface area contributed by atoms with Crippen molar-refractivity contribution < 1.29 is 17.2 Å². The van der Waals surface area contributed by atoms with E-state index in [0.717, 1.165) is 11.1 Å². The normalized spacial score (nSPS) is 11.9. The molecule has 0 fully saturated rings. The summed E-state index contributed by atoms with van der Waals surface area (Å²) in [7, 11) is -4.05. The first-order valence-corrected chi connectivity index (χ1v) is 9.31. The summed E-state index contributed by atoms with van der Waals surface area (Å²) in [5.41, 5.74) is 2.72. The van der Waals surface area contributed by atoms with Crippen molar-refractivity contribution in [2.24, 2.45) is 5.14 Å². The average molecular weight is 377 g/mol. The molecule has 1 heterocycles. The number of aromatic nitrogens is 2. The fourth-order valence-electron chi connectivity index (χ4n) is 2.67. The lowest BCUT2D eigenvalue weighted by atomic mass is 10.0. The molecule has 5 nitrogen and oxygen atoms in total. The van der Waals surface area contributed by atoms with Crippen molar-refractivity contribution in [1.82, 2.24) is 9.78 Å². The van der Waals surface area contributed by atoms with Gasteiger partial charge in [-0.05, 0) is 49.2 Å². The lowest BCUT2D eigenvalue weighted by molar-refractivity contribution is 0.145. The van der Waals surface area contributed by atoms with Crippen molar-refractivity contribution >= 4 is 10.0 Å². The number of halogens is 2. The number of primary sulfonamides is 1. The number of hydrogen-bond acceptors (Lipinski definition) is 3. The zero-order valence-corrected chi connectivity index (χ0v) is 15.0. The summed E-state index contributed by atoms with van der Waals surface area (Å²) in [6, 6.07) is 12.7. The number of hydrogen-bond donors (Lipinski definition) is 1. The highest BCUT2D eigenvalue weighted by atomic mass is 32.2. The molecule has 26 heavy (non-hydrogen) atoms. The largest absolute Gasteiger partial charge is 0.282 e. The van der Waals surface area contributed by atoms with Crippen molar-refractivity contribution in [1.29, 1.82) is 0 Å².